The molecule has 2 rings (SSSR count). The number of carbonyl (C=O) groups excluding carboxylic acids is 1. The molecular weight excluding hydrogens is 260 g/mol. The molecule has 0 atom stereocenters. The van der Waals surface area contributed by atoms with E-state index >= 15 is 0 Å². The summed E-state index contributed by atoms with van der Waals surface area (Å²) in [5.41, 5.74) is 1.42. The highest BCUT2D eigenvalue weighted by atomic mass is 16.4. The van der Waals surface area contributed by atoms with Gasteiger partial charge in [-0.3, -0.25) is 4.79 Å². The molecule has 0 unspecified atom stereocenters. The molecule has 20 heavy (non-hydrogen) atoms. The van der Waals surface area contributed by atoms with E-state index < -0.39 is 11.9 Å². The van der Waals surface area contributed by atoms with Gasteiger partial charge in [0.25, 0.3) is 5.91 Å². The van der Waals surface area contributed by atoms with E-state index in [0.29, 0.717) is 17.1 Å². The highest BCUT2D eigenvalue weighted by molar-refractivity contribution is 6.07. The van der Waals surface area contributed by atoms with E-state index in [-0.39, 0.29) is 17.0 Å². The summed E-state index contributed by atoms with van der Waals surface area (Å²) in [5.74, 6) is -1.15. The summed E-state index contributed by atoms with van der Waals surface area (Å²) in [6.07, 6.45) is 0. The molecule has 1 amide bonds. The van der Waals surface area contributed by atoms with Crippen LogP contribution in [0.3, 0.4) is 0 Å². The predicted octanol–water partition coefficient (Wildman–Crippen LogP) is 2.55. The van der Waals surface area contributed by atoms with Gasteiger partial charge in [0.2, 0.25) is 5.76 Å². The van der Waals surface area contributed by atoms with Crippen molar-refractivity contribution in [3.05, 3.63) is 46.7 Å². The molecule has 1 aromatic heterocycles. The molecule has 0 saturated carbocycles. The third kappa shape index (κ3) is 2.54. The van der Waals surface area contributed by atoms with Crippen molar-refractivity contribution in [1.82, 2.24) is 4.98 Å². The average Bonchev–Trinajstić information content (AvgIpc) is 2.70. The molecule has 0 radical (unpaired) electrons. The van der Waals surface area contributed by atoms with Crippen molar-refractivity contribution in [3.63, 3.8) is 0 Å². The Morgan fingerprint density at radius 2 is 1.95 bits per heavy atom. The Morgan fingerprint density at radius 1 is 1.25 bits per heavy atom. The van der Waals surface area contributed by atoms with Gasteiger partial charge in [-0.2, -0.15) is 0 Å². The van der Waals surface area contributed by atoms with Crippen LogP contribution in [0.5, 0.6) is 0 Å². The van der Waals surface area contributed by atoms with Crippen molar-refractivity contribution >= 4 is 17.6 Å². The van der Waals surface area contributed by atoms with Gasteiger partial charge in [-0.25, -0.2) is 9.78 Å². The Bertz CT molecular complexity index is 688. The number of aromatic nitrogens is 1. The van der Waals surface area contributed by atoms with Crippen LogP contribution in [0.2, 0.25) is 0 Å². The zero-order chi connectivity index (χ0) is 14.9. The molecular formula is C14H14N2O4. The molecule has 0 spiro atoms. The van der Waals surface area contributed by atoms with E-state index in [4.69, 9.17) is 9.52 Å². The Labute approximate surface area is 115 Å². The third-order valence-corrected chi connectivity index (χ3v) is 2.85. The van der Waals surface area contributed by atoms with Crippen LogP contribution in [-0.4, -0.2) is 22.0 Å². The number of aryl methyl sites for hydroxylation is 3. The van der Waals surface area contributed by atoms with Crippen LogP contribution in [0, 0.1) is 20.8 Å². The molecule has 0 aliphatic carbocycles. The number of hydrogen-bond donors (Lipinski definition) is 2. The van der Waals surface area contributed by atoms with Crippen LogP contribution < -0.4 is 5.32 Å². The largest absolute Gasteiger partial charge is 0.478 e. The molecule has 1 heterocycles. The number of carboxylic acid groups (broad SMARTS) is 1. The van der Waals surface area contributed by atoms with Crippen LogP contribution in [0.4, 0.5) is 5.69 Å². The monoisotopic (exact) mass is 274 g/mol. The van der Waals surface area contributed by atoms with Gasteiger partial charge >= 0.3 is 5.97 Å². The zero-order valence-electron chi connectivity index (χ0n) is 11.4. The Kier molecular flexibility index (Phi) is 3.56. The third-order valence-electron chi connectivity index (χ3n) is 2.85. The van der Waals surface area contributed by atoms with E-state index in [1.54, 1.807) is 32.9 Å². The number of carboxylic acids is 1. The van der Waals surface area contributed by atoms with E-state index in [0.717, 1.165) is 0 Å². The average molecular weight is 274 g/mol. The molecule has 2 N–H and O–H groups in total. The number of amides is 1. The molecule has 0 bridgehead atoms. The first-order chi connectivity index (χ1) is 9.40. The van der Waals surface area contributed by atoms with Crippen molar-refractivity contribution in [2.75, 3.05) is 5.32 Å². The number of rotatable bonds is 3. The Morgan fingerprint density at radius 3 is 2.50 bits per heavy atom. The fraction of sp³-hybridized carbons (Fsp3) is 0.214. The van der Waals surface area contributed by atoms with E-state index in [1.165, 1.54) is 6.07 Å². The Balaban J connectivity index is 2.37. The van der Waals surface area contributed by atoms with Crippen molar-refractivity contribution < 1.29 is 19.1 Å². The van der Waals surface area contributed by atoms with Crippen molar-refractivity contribution in [1.29, 1.82) is 0 Å². The standard InChI is InChI=1S/C14H14N2O4/c1-7-5-4-6-10(14(18)19)11(7)16-13(17)12-8(2)15-9(3)20-12/h4-6H,1-3H3,(H,16,17)(H,18,19). The fourth-order valence-electron chi connectivity index (χ4n) is 1.92. The second-order valence-electron chi connectivity index (χ2n) is 4.40. The van der Waals surface area contributed by atoms with Crippen molar-refractivity contribution in [3.8, 4) is 0 Å². The lowest BCUT2D eigenvalue weighted by molar-refractivity contribution is 0.0698. The first-order valence-electron chi connectivity index (χ1n) is 5.98. The number of nitrogens with zero attached hydrogens (tertiary/aromatic N) is 1. The summed E-state index contributed by atoms with van der Waals surface area (Å²) in [7, 11) is 0. The first-order valence-corrected chi connectivity index (χ1v) is 5.98. The summed E-state index contributed by atoms with van der Waals surface area (Å²) < 4.78 is 5.22. The van der Waals surface area contributed by atoms with Gasteiger partial charge < -0.3 is 14.8 Å². The first kappa shape index (κ1) is 13.8. The van der Waals surface area contributed by atoms with E-state index in [1.807, 2.05) is 0 Å². The van der Waals surface area contributed by atoms with Crippen LogP contribution in [0.1, 0.15) is 38.1 Å². The summed E-state index contributed by atoms with van der Waals surface area (Å²) in [6.45, 7) is 5.02. The van der Waals surface area contributed by atoms with Gasteiger partial charge in [0, 0.05) is 6.92 Å². The minimum atomic E-state index is -1.10. The summed E-state index contributed by atoms with van der Waals surface area (Å²) >= 11 is 0. The van der Waals surface area contributed by atoms with Gasteiger partial charge in [-0.05, 0) is 25.5 Å². The second kappa shape index (κ2) is 5.16. The number of anilines is 1. The normalized spacial score (nSPS) is 10.3. The molecule has 104 valence electrons. The molecule has 0 aliphatic rings. The number of hydrogen-bond acceptors (Lipinski definition) is 4. The molecule has 0 saturated heterocycles. The van der Waals surface area contributed by atoms with E-state index in [2.05, 4.69) is 10.3 Å². The number of oxazole rings is 1. The molecule has 0 aliphatic heterocycles. The second-order valence-corrected chi connectivity index (χ2v) is 4.40. The molecule has 6 heteroatoms. The number of aromatic carboxylic acids is 1. The maximum absolute atomic E-state index is 12.1. The molecule has 6 nitrogen and oxygen atoms in total. The van der Waals surface area contributed by atoms with Crippen LogP contribution in [0.25, 0.3) is 0 Å². The van der Waals surface area contributed by atoms with Gasteiger partial charge in [0.05, 0.1) is 16.9 Å². The predicted molar refractivity (Wildman–Crippen MR) is 72.1 cm³/mol. The lowest BCUT2D eigenvalue weighted by Crippen LogP contribution is -2.16. The maximum Gasteiger partial charge on any atom is 0.337 e. The SMILES string of the molecule is Cc1nc(C)c(C(=O)Nc2c(C)cccc2C(=O)O)o1. The summed E-state index contributed by atoms with van der Waals surface area (Å²) in [4.78, 5) is 27.3. The van der Waals surface area contributed by atoms with Crippen LogP contribution in [0.15, 0.2) is 22.6 Å². The molecule has 1 aromatic carbocycles. The lowest BCUT2D eigenvalue weighted by Gasteiger charge is -2.10. The van der Waals surface area contributed by atoms with Gasteiger partial charge in [0.15, 0.2) is 5.89 Å². The minimum absolute atomic E-state index is 0.0345. The van der Waals surface area contributed by atoms with Gasteiger partial charge in [0.1, 0.15) is 0 Å². The number of para-hydroxylation sites is 1. The van der Waals surface area contributed by atoms with Crippen molar-refractivity contribution in [2.24, 2.45) is 0 Å². The minimum Gasteiger partial charge on any atom is -0.478 e. The highest BCUT2D eigenvalue weighted by Crippen LogP contribution is 2.22. The summed E-state index contributed by atoms with van der Waals surface area (Å²) in [5, 5.41) is 11.7. The topological polar surface area (TPSA) is 92.4 Å². The number of carbonyl (C=O) groups is 2. The molecule has 0 fully saturated rings. The smallest absolute Gasteiger partial charge is 0.337 e. The van der Waals surface area contributed by atoms with Gasteiger partial charge in [-0.15, -0.1) is 0 Å². The van der Waals surface area contributed by atoms with E-state index in [9.17, 15) is 9.59 Å². The summed E-state index contributed by atoms with van der Waals surface area (Å²) in [6, 6.07) is 4.78. The van der Waals surface area contributed by atoms with Crippen molar-refractivity contribution in [2.45, 2.75) is 20.8 Å². The fourth-order valence-corrected chi connectivity index (χ4v) is 1.92. The zero-order valence-corrected chi connectivity index (χ0v) is 11.4. The number of benzene rings is 1. The molecule has 2 aromatic rings. The maximum atomic E-state index is 12.1. The quantitative estimate of drug-likeness (QED) is 0.897. The Hall–Kier alpha value is -2.63. The highest BCUT2D eigenvalue weighted by Gasteiger charge is 2.20. The lowest BCUT2D eigenvalue weighted by atomic mass is 10.1. The number of nitrogens with one attached hydrogen (secondary N) is 1. The van der Waals surface area contributed by atoms with Crippen LogP contribution in [-0.2, 0) is 0 Å². The van der Waals surface area contributed by atoms with Gasteiger partial charge in [-0.1, -0.05) is 12.1 Å². The van der Waals surface area contributed by atoms with Crippen LogP contribution >= 0.6 is 0 Å².